The van der Waals surface area contributed by atoms with Gasteiger partial charge in [-0.2, -0.15) is 0 Å². The van der Waals surface area contributed by atoms with Crippen LogP contribution < -0.4 is 0 Å². The van der Waals surface area contributed by atoms with Crippen molar-refractivity contribution in [3.63, 3.8) is 0 Å². The summed E-state index contributed by atoms with van der Waals surface area (Å²) in [5.74, 6) is 1.55. The smallest absolute Gasteiger partial charge is 0.0673 e. The van der Waals surface area contributed by atoms with Crippen LogP contribution in [0.4, 0.5) is 0 Å². The van der Waals surface area contributed by atoms with Crippen molar-refractivity contribution in [2.24, 2.45) is 23.2 Å². The molecule has 1 N–H and O–H groups in total. The second-order valence-corrected chi connectivity index (χ2v) is 6.84. The van der Waals surface area contributed by atoms with Gasteiger partial charge < -0.3 is 9.84 Å². The standard InChI is InChI=1S/C16H28O2/c1-10(2)12-8-9-16(4)13(17)7-6-11(3)14(16)15(12)18-5/h10,12-15,17H,3,6-9H2,1-2,4-5H3/t12-,13+,14+,15-,16-/m1/s1. The molecular weight excluding hydrogens is 224 g/mol. The summed E-state index contributed by atoms with van der Waals surface area (Å²) in [6.07, 6.45) is 4.11. The molecule has 0 aromatic heterocycles. The zero-order valence-corrected chi connectivity index (χ0v) is 12.3. The molecule has 0 saturated heterocycles. The Bertz CT molecular complexity index is 323. The van der Waals surface area contributed by atoms with Gasteiger partial charge in [-0.1, -0.05) is 32.9 Å². The molecule has 2 rings (SSSR count). The van der Waals surface area contributed by atoms with E-state index in [2.05, 4.69) is 27.4 Å². The van der Waals surface area contributed by atoms with Gasteiger partial charge in [-0.25, -0.2) is 0 Å². The van der Waals surface area contributed by atoms with E-state index >= 15 is 0 Å². The first kappa shape index (κ1) is 14.1. The van der Waals surface area contributed by atoms with Crippen molar-refractivity contribution in [2.75, 3.05) is 7.11 Å². The molecule has 0 bridgehead atoms. The molecule has 0 unspecified atom stereocenters. The van der Waals surface area contributed by atoms with E-state index in [0.29, 0.717) is 17.8 Å². The van der Waals surface area contributed by atoms with Crippen molar-refractivity contribution in [3.05, 3.63) is 12.2 Å². The predicted octanol–water partition coefficient (Wildman–Crippen LogP) is 3.40. The average Bonchev–Trinajstić information content (AvgIpc) is 2.32. The third kappa shape index (κ3) is 2.04. The van der Waals surface area contributed by atoms with Gasteiger partial charge in [0.1, 0.15) is 0 Å². The molecular formula is C16H28O2. The first-order chi connectivity index (χ1) is 8.41. The lowest BCUT2D eigenvalue weighted by Gasteiger charge is -2.55. The molecule has 2 aliphatic carbocycles. The van der Waals surface area contributed by atoms with E-state index in [0.717, 1.165) is 25.7 Å². The molecule has 0 radical (unpaired) electrons. The lowest BCUT2D eigenvalue weighted by Crippen LogP contribution is -2.55. The highest BCUT2D eigenvalue weighted by Gasteiger charge is 2.53. The number of rotatable bonds is 2. The van der Waals surface area contributed by atoms with Crippen molar-refractivity contribution in [1.29, 1.82) is 0 Å². The predicted molar refractivity (Wildman–Crippen MR) is 74.3 cm³/mol. The van der Waals surface area contributed by atoms with Crippen LogP contribution in [-0.2, 0) is 4.74 Å². The summed E-state index contributed by atoms with van der Waals surface area (Å²) in [5, 5.41) is 10.4. The molecule has 2 fully saturated rings. The van der Waals surface area contributed by atoms with E-state index in [4.69, 9.17) is 4.74 Å². The summed E-state index contributed by atoms with van der Waals surface area (Å²) in [5.41, 5.74) is 1.27. The van der Waals surface area contributed by atoms with Crippen molar-refractivity contribution in [2.45, 2.75) is 58.7 Å². The van der Waals surface area contributed by atoms with E-state index in [1.807, 2.05) is 7.11 Å². The summed E-state index contributed by atoms with van der Waals surface area (Å²) < 4.78 is 5.85. The Morgan fingerprint density at radius 2 is 2.06 bits per heavy atom. The Morgan fingerprint density at radius 3 is 2.61 bits per heavy atom. The van der Waals surface area contributed by atoms with E-state index in [9.17, 15) is 5.11 Å². The Balaban J connectivity index is 2.33. The summed E-state index contributed by atoms with van der Waals surface area (Å²) in [7, 11) is 1.82. The van der Waals surface area contributed by atoms with Crippen LogP contribution in [0.15, 0.2) is 12.2 Å². The van der Waals surface area contributed by atoms with E-state index < -0.39 is 0 Å². The molecule has 104 valence electrons. The van der Waals surface area contributed by atoms with Crippen molar-refractivity contribution in [3.8, 4) is 0 Å². The molecule has 0 aromatic rings. The van der Waals surface area contributed by atoms with Gasteiger partial charge in [-0.3, -0.25) is 0 Å². The number of fused-ring (bicyclic) bond motifs is 1. The van der Waals surface area contributed by atoms with Crippen molar-refractivity contribution < 1.29 is 9.84 Å². The number of aliphatic hydroxyl groups excluding tert-OH is 1. The van der Waals surface area contributed by atoms with Crippen LogP contribution in [-0.4, -0.2) is 24.4 Å². The lowest BCUT2D eigenvalue weighted by atomic mass is 9.53. The summed E-state index contributed by atoms with van der Waals surface area (Å²) in [4.78, 5) is 0. The normalized spacial score (nSPS) is 45.1. The number of aliphatic hydroxyl groups is 1. The monoisotopic (exact) mass is 252 g/mol. The fourth-order valence-electron chi connectivity index (χ4n) is 4.32. The first-order valence-electron chi connectivity index (χ1n) is 7.30. The third-order valence-electron chi connectivity index (χ3n) is 5.55. The van der Waals surface area contributed by atoms with Crippen LogP contribution in [0.3, 0.4) is 0 Å². The second kappa shape index (κ2) is 4.97. The van der Waals surface area contributed by atoms with Crippen LogP contribution in [0, 0.1) is 23.2 Å². The fourth-order valence-corrected chi connectivity index (χ4v) is 4.32. The largest absolute Gasteiger partial charge is 0.393 e. The highest BCUT2D eigenvalue weighted by Crippen LogP contribution is 2.55. The van der Waals surface area contributed by atoms with Crippen LogP contribution in [0.25, 0.3) is 0 Å². The van der Waals surface area contributed by atoms with Gasteiger partial charge in [-0.05, 0) is 37.5 Å². The molecule has 0 amide bonds. The second-order valence-electron chi connectivity index (χ2n) is 6.84. The van der Waals surface area contributed by atoms with Crippen molar-refractivity contribution >= 4 is 0 Å². The quantitative estimate of drug-likeness (QED) is 0.763. The third-order valence-corrected chi connectivity index (χ3v) is 5.55. The minimum absolute atomic E-state index is 0.0264. The van der Waals surface area contributed by atoms with Gasteiger partial charge in [0, 0.05) is 18.4 Å². The SMILES string of the molecule is C=C1CC[C@H](O)[C@@]2(C)CC[C@H](C(C)C)[C@@H](OC)[C@H]12. The van der Waals surface area contributed by atoms with Gasteiger partial charge in [0.05, 0.1) is 12.2 Å². The fraction of sp³-hybridized carbons (Fsp3) is 0.875. The topological polar surface area (TPSA) is 29.5 Å². The highest BCUT2D eigenvalue weighted by molar-refractivity contribution is 5.18. The average molecular weight is 252 g/mol. The molecule has 5 atom stereocenters. The Labute approximate surface area is 111 Å². The zero-order valence-electron chi connectivity index (χ0n) is 12.3. The summed E-state index contributed by atoms with van der Waals surface area (Å²) in [6, 6.07) is 0. The molecule has 18 heavy (non-hydrogen) atoms. The lowest BCUT2D eigenvalue weighted by molar-refractivity contribution is -0.133. The van der Waals surface area contributed by atoms with Crippen LogP contribution >= 0.6 is 0 Å². The van der Waals surface area contributed by atoms with Gasteiger partial charge in [0.2, 0.25) is 0 Å². The van der Waals surface area contributed by atoms with Crippen LogP contribution in [0.5, 0.6) is 0 Å². The zero-order chi connectivity index (χ0) is 13.5. The van der Waals surface area contributed by atoms with Crippen LogP contribution in [0.2, 0.25) is 0 Å². The Kier molecular flexibility index (Phi) is 3.89. The molecule has 2 saturated carbocycles. The van der Waals surface area contributed by atoms with Gasteiger partial charge in [0.15, 0.2) is 0 Å². The number of methoxy groups -OCH3 is 1. The number of hydrogen-bond acceptors (Lipinski definition) is 2. The maximum absolute atomic E-state index is 10.4. The molecule has 0 aliphatic heterocycles. The minimum atomic E-state index is -0.196. The van der Waals surface area contributed by atoms with Gasteiger partial charge in [0.25, 0.3) is 0 Å². The molecule has 2 heteroatoms. The molecule has 0 aromatic carbocycles. The van der Waals surface area contributed by atoms with E-state index in [1.165, 1.54) is 5.57 Å². The summed E-state index contributed by atoms with van der Waals surface area (Å²) in [6.45, 7) is 11.1. The highest BCUT2D eigenvalue weighted by atomic mass is 16.5. The van der Waals surface area contributed by atoms with Crippen LogP contribution in [0.1, 0.15) is 46.5 Å². The molecule has 0 spiro atoms. The molecule has 2 nitrogen and oxygen atoms in total. The van der Waals surface area contributed by atoms with E-state index in [-0.39, 0.29) is 17.6 Å². The maximum Gasteiger partial charge on any atom is 0.0673 e. The van der Waals surface area contributed by atoms with Gasteiger partial charge >= 0.3 is 0 Å². The molecule has 2 aliphatic rings. The number of ether oxygens (including phenoxy) is 1. The molecule has 0 heterocycles. The minimum Gasteiger partial charge on any atom is -0.393 e. The Hall–Kier alpha value is -0.340. The maximum atomic E-state index is 10.4. The van der Waals surface area contributed by atoms with E-state index in [1.54, 1.807) is 0 Å². The number of hydrogen-bond donors (Lipinski definition) is 1. The van der Waals surface area contributed by atoms with Gasteiger partial charge in [-0.15, -0.1) is 0 Å². The van der Waals surface area contributed by atoms with Crippen molar-refractivity contribution in [1.82, 2.24) is 0 Å². The summed E-state index contributed by atoms with van der Waals surface area (Å²) >= 11 is 0. The Morgan fingerprint density at radius 1 is 1.39 bits per heavy atom. The first-order valence-corrected chi connectivity index (χ1v) is 7.30.